The van der Waals surface area contributed by atoms with Gasteiger partial charge in [0.2, 0.25) is 0 Å². The summed E-state index contributed by atoms with van der Waals surface area (Å²) in [6.45, 7) is 0. The van der Waals surface area contributed by atoms with E-state index in [1.165, 1.54) is 50.6 Å². The maximum Gasteiger partial charge on any atom is 0.416 e. The van der Waals surface area contributed by atoms with Crippen molar-refractivity contribution in [2.45, 2.75) is 18.8 Å². The molecule has 1 heterocycles. The van der Waals surface area contributed by atoms with Crippen molar-refractivity contribution in [1.82, 2.24) is 0 Å². The molecule has 188 valence electrons. The van der Waals surface area contributed by atoms with Crippen LogP contribution in [0.1, 0.15) is 22.3 Å². The molecular weight excluding hydrogens is 490 g/mol. The number of fused-ring (bicyclic) bond motifs is 1. The van der Waals surface area contributed by atoms with Crippen molar-refractivity contribution < 1.29 is 40.2 Å². The molecule has 0 radical (unpaired) electrons. The van der Waals surface area contributed by atoms with Crippen LogP contribution in [0.3, 0.4) is 0 Å². The van der Waals surface area contributed by atoms with Gasteiger partial charge in [-0.05, 0) is 35.9 Å². The zero-order valence-corrected chi connectivity index (χ0v) is 18.9. The van der Waals surface area contributed by atoms with E-state index in [9.17, 15) is 31.1 Å². The van der Waals surface area contributed by atoms with Crippen LogP contribution in [-0.2, 0) is 18.8 Å². The number of methoxy groups -OCH3 is 2. The van der Waals surface area contributed by atoms with Gasteiger partial charge in [-0.25, -0.2) is 0 Å². The summed E-state index contributed by atoms with van der Waals surface area (Å²) in [5.41, 5.74) is -1.51. The molecular formula is C26H18F6O4. The maximum atomic E-state index is 13.5. The standard InChI is InChI=1S/C26H18F6O4/c1-34-21-12-18-20(13-22(21)35-2)36-24(15-5-9-17(10-6-15)26(30,31)32)19(23(18)33)11-14-3-7-16(8-4-14)25(27,28)29/h3-10,12-13H,11H2,1-2H3. The van der Waals surface area contributed by atoms with Gasteiger partial charge in [0.25, 0.3) is 0 Å². The molecule has 4 rings (SSSR count). The van der Waals surface area contributed by atoms with Crippen molar-refractivity contribution in [1.29, 1.82) is 0 Å². The number of alkyl halides is 6. The third kappa shape index (κ3) is 4.89. The Morgan fingerprint density at radius 1 is 0.750 bits per heavy atom. The Hall–Kier alpha value is -3.95. The van der Waals surface area contributed by atoms with E-state index in [1.807, 2.05) is 0 Å². The molecule has 0 amide bonds. The molecule has 0 unspecified atom stereocenters. The lowest BCUT2D eigenvalue weighted by atomic mass is 9.97. The Balaban J connectivity index is 1.91. The van der Waals surface area contributed by atoms with E-state index in [4.69, 9.17) is 13.9 Å². The lowest BCUT2D eigenvalue weighted by molar-refractivity contribution is -0.138. The van der Waals surface area contributed by atoms with Crippen LogP contribution in [0.15, 0.2) is 69.9 Å². The Labute approximate surface area is 200 Å². The van der Waals surface area contributed by atoms with Crippen LogP contribution in [0.5, 0.6) is 11.5 Å². The van der Waals surface area contributed by atoms with Crippen LogP contribution in [0.25, 0.3) is 22.3 Å². The number of hydrogen-bond acceptors (Lipinski definition) is 4. The van der Waals surface area contributed by atoms with Crippen LogP contribution < -0.4 is 14.9 Å². The van der Waals surface area contributed by atoms with Crippen LogP contribution in [0.4, 0.5) is 26.3 Å². The predicted octanol–water partition coefficient (Wildman–Crippen LogP) is 7.11. The molecule has 10 heteroatoms. The highest BCUT2D eigenvalue weighted by molar-refractivity contribution is 5.84. The van der Waals surface area contributed by atoms with Crippen molar-refractivity contribution in [2.24, 2.45) is 0 Å². The first-order chi connectivity index (χ1) is 16.9. The zero-order chi connectivity index (χ0) is 26.3. The van der Waals surface area contributed by atoms with E-state index < -0.39 is 28.9 Å². The molecule has 0 aliphatic carbocycles. The van der Waals surface area contributed by atoms with E-state index in [2.05, 4.69) is 0 Å². The summed E-state index contributed by atoms with van der Waals surface area (Å²) in [5, 5.41) is 0.116. The van der Waals surface area contributed by atoms with Gasteiger partial charge in [0.15, 0.2) is 16.9 Å². The van der Waals surface area contributed by atoms with Crippen LogP contribution >= 0.6 is 0 Å². The third-order valence-electron chi connectivity index (χ3n) is 5.63. The van der Waals surface area contributed by atoms with Gasteiger partial charge in [0, 0.05) is 23.6 Å². The van der Waals surface area contributed by atoms with Gasteiger partial charge >= 0.3 is 12.4 Å². The molecule has 0 saturated heterocycles. The average Bonchev–Trinajstić information content (AvgIpc) is 2.84. The fourth-order valence-corrected chi connectivity index (χ4v) is 3.78. The van der Waals surface area contributed by atoms with Crippen LogP contribution in [0.2, 0.25) is 0 Å². The highest BCUT2D eigenvalue weighted by Crippen LogP contribution is 2.36. The van der Waals surface area contributed by atoms with Crippen LogP contribution in [0, 0.1) is 0 Å². The van der Waals surface area contributed by atoms with Gasteiger partial charge in [-0.15, -0.1) is 0 Å². The first kappa shape index (κ1) is 25.2. The van der Waals surface area contributed by atoms with Crippen molar-refractivity contribution in [3.05, 3.63) is 93.1 Å². The molecule has 1 aromatic heterocycles. The number of hydrogen-bond donors (Lipinski definition) is 0. The molecule has 0 bridgehead atoms. The second-order valence-corrected chi connectivity index (χ2v) is 7.89. The largest absolute Gasteiger partial charge is 0.493 e. The van der Waals surface area contributed by atoms with Crippen molar-refractivity contribution in [3.63, 3.8) is 0 Å². The summed E-state index contributed by atoms with van der Waals surface area (Å²) in [6, 6.07) is 11.1. The SMILES string of the molecule is COc1cc2oc(-c3ccc(C(F)(F)F)cc3)c(Cc3ccc(C(F)(F)F)cc3)c(=O)c2cc1OC. The summed E-state index contributed by atoms with van der Waals surface area (Å²) in [6.07, 6.45) is -9.21. The second-order valence-electron chi connectivity index (χ2n) is 7.89. The number of ether oxygens (including phenoxy) is 2. The fraction of sp³-hybridized carbons (Fsp3) is 0.192. The predicted molar refractivity (Wildman–Crippen MR) is 120 cm³/mol. The van der Waals surface area contributed by atoms with E-state index in [-0.39, 0.29) is 45.8 Å². The summed E-state index contributed by atoms with van der Waals surface area (Å²) in [4.78, 5) is 13.5. The molecule has 0 aliphatic heterocycles. The van der Waals surface area contributed by atoms with E-state index in [1.54, 1.807) is 0 Å². The Bertz CT molecular complexity index is 1450. The fourth-order valence-electron chi connectivity index (χ4n) is 3.78. The van der Waals surface area contributed by atoms with Gasteiger partial charge in [-0.3, -0.25) is 4.79 Å². The molecule has 0 spiro atoms. The normalized spacial score (nSPS) is 12.1. The van der Waals surface area contributed by atoms with Gasteiger partial charge in [0.1, 0.15) is 11.3 Å². The molecule has 36 heavy (non-hydrogen) atoms. The Kier molecular flexibility index (Phi) is 6.46. The monoisotopic (exact) mass is 508 g/mol. The smallest absolute Gasteiger partial charge is 0.416 e. The lowest BCUT2D eigenvalue weighted by Gasteiger charge is -2.14. The molecule has 0 fully saturated rings. The lowest BCUT2D eigenvalue weighted by Crippen LogP contribution is -2.13. The molecule has 4 nitrogen and oxygen atoms in total. The molecule has 0 aliphatic rings. The molecule has 3 aromatic carbocycles. The van der Waals surface area contributed by atoms with Crippen molar-refractivity contribution in [3.8, 4) is 22.8 Å². The van der Waals surface area contributed by atoms with Crippen LogP contribution in [-0.4, -0.2) is 14.2 Å². The topological polar surface area (TPSA) is 48.7 Å². The Morgan fingerprint density at radius 2 is 1.25 bits per heavy atom. The minimum atomic E-state index is -4.56. The highest BCUT2D eigenvalue weighted by atomic mass is 19.4. The first-order valence-electron chi connectivity index (χ1n) is 10.5. The molecule has 4 aromatic rings. The van der Waals surface area contributed by atoms with Crippen molar-refractivity contribution in [2.75, 3.05) is 14.2 Å². The number of rotatable bonds is 5. The quantitative estimate of drug-likeness (QED) is 0.270. The maximum absolute atomic E-state index is 13.5. The summed E-state index contributed by atoms with van der Waals surface area (Å²) in [5.74, 6) is 0.510. The van der Waals surface area contributed by atoms with Crippen molar-refractivity contribution >= 4 is 11.0 Å². The van der Waals surface area contributed by atoms with E-state index >= 15 is 0 Å². The van der Waals surface area contributed by atoms with E-state index in [0.717, 1.165) is 24.3 Å². The molecule has 0 atom stereocenters. The second kappa shape index (κ2) is 9.25. The number of benzene rings is 3. The molecule has 0 N–H and O–H groups in total. The van der Waals surface area contributed by atoms with Gasteiger partial charge in [-0.1, -0.05) is 24.3 Å². The van der Waals surface area contributed by atoms with Gasteiger partial charge in [0.05, 0.1) is 30.7 Å². The summed E-state index contributed by atoms with van der Waals surface area (Å²) in [7, 11) is 2.77. The average molecular weight is 508 g/mol. The van der Waals surface area contributed by atoms with E-state index in [0.29, 0.717) is 5.56 Å². The zero-order valence-electron chi connectivity index (χ0n) is 18.9. The highest BCUT2D eigenvalue weighted by Gasteiger charge is 2.31. The van der Waals surface area contributed by atoms with Gasteiger partial charge < -0.3 is 13.9 Å². The Morgan fingerprint density at radius 3 is 1.75 bits per heavy atom. The molecule has 0 saturated carbocycles. The first-order valence-corrected chi connectivity index (χ1v) is 10.5. The minimum Gasteiger partial charge on any atom is -0.493 e. The summed E-state index contributed by atoms with van der Waals surface area (Å²) < 4.78 is 94.5. The third-order valence-corrected chi connectivity index (χ3v) is 5.63. The minimum absolute atomic E-state index is 0.00616. The summed E-state index contributed by atoms with van der Waals surface area (Å²) >= 11 is 0. The number of halogens is 6. The van der Waals surface area contributed by atoms with Gasteiger partial charge in [-0.2, -0.15) is 26.3 Å².